The molecule has 0 aromatic heterocycles. The van der Waals surface area contributed by atoms with Crippen LogP contribution in [0.1, 0.15) is 25.8 Å². The fourth-order valence-corrected chi connectivity index (χ4v) is 3.20. The van der Waals surface area contributed by atoms with Crippen LogP contribution in [-0.4, -0.2) is 36.6 Å². The zero-order valence-electron chi connectivity index (χ0n) is 13.4. The standard InChI is InChI=1S/C17H26N2O2S/c1-13(2)11-21-16-5-3-4-14(8-16)10-19-17(20)9-15-12-22-7-6-18-15/h3-5,8,13,15,18H,6-7,9-12H2,1-2H3,(H,19,20). The van der Waals surface area contributed by atoms with E-state index in [9.17, 15) is 4.79 Å². The molecule has 1 atom stereocenters. The SMILES string of the molecule is CC(C)COc1cccc(CNC(=O)CC2CSCCN2)c1. The minimum Gasteiger partial charge on any atom is -0.493 e. The van der Waals surface area contributed by atoms with Gasteiger partial charge in [0.1, 0.15) is 5.75 Å². The molecule has 5 heteroatoms. The number of hydrogen-bond donors (Lipinski definition) is 2. The van der Waals surface area contributed by atoms with Crippen molar-refractivity contribution in [3.8, 4) is 5.75 Å². The summed E-state index contributed by atoms with van der Waals surface area (Å²) in [5.74, 6) is 3.64. The van der Waals surface area contributed by atoms with Crippen LogP contribution in [0.25, 0.3) is 0 Å². The Morgan fingerprint density at radius 3 is 3.09 bits per heavy atom. The Morgan fingerprint density at radius 1 is 1.50 bits per heavy atom. The van der Waals surface area contributed by atoms with Crippen molar-refractivity contribution in [2.75, 3.05) is 24.7 Å². The summed E-state index contributed by atoms with van der Waals surface area (Å²) in [6, 6.07) is 8.24. The highest BCUT2D eigenvalue weighted by molar-refractivity contribution is 7.99. The van der Waals surface area contributed by atoms with Crippen molar-refractivity contribution in [2.45, 2.75) is 32.9 Å². The molecule has 0 aliphatic carbocycles. The number of hydrogen-bond acceptors (Lipinski definition) is 4. The molecule has 0 bridgehead atoms. The van der Waals surface area contributed by atoms with Crippen LogP contribution < -0.4 is 15.4 Å². The molecule has 1 aromatic rings. The first kappa shape index (κ1) is 17.2. The molecule has 1 heterocycles. The van der Waals surface area contributed by atoms with Crippen LogP contribution in [0.4, 0.5) is 0 Å². The summed E-state index contributed by atoms with van der Waals surface area (Å²) < 4.78 is 5.71. The first-order chi connectivity index (χ1) is 10.6. The van der Waals surface area contributed by atoms with Crippen LogP contribution in [0.15, 0.2) is 24.3 Å². The highest BCUT2D eigenvalue weighted by Gasteiger charge is 2.16. The second-order valence-electron chi connectivity index (χ2n) is 6.06. The molecule has 2 rings (SSSR count). The summed E-state index contributed by atoms with van der Waals surface area (Å²) in [6.45, 7) is 6.51. The third kappa shape index (κ3) is 6.28. The van der Waals surface area contributed by atoms with Gasteiger partial charge in [0.05, 0.1) is 6.61 Å². The molecule has 2 N–H and O–H groups in total. The number of amides is 1. The molecule has 0 radical (unpaired) electrons. The van der Waals surface area contributed by atoms with Crippen LogP contribution in [0.2, 0.25) is 0 Å². The van der Waals surface area contributed by atoms with Gasteiger partial charge in [-0.15, -0.1) is 0 Å². The Bertz CT molecular complexity index is 473. The lowest BCUT2D eigenvalue weighted by atomic mass is 10.2. The van der Waals surface area contributed by atoms with Gasteiger partial charge >= 0.3 is 0 Å². The lowest BCUT2D eigenvalue weighted by Crippen LogP contribution is -2.41. The first-order valence-corrected chi connectivity index (χ1v) is 9.08. The van der Waals surface area contributed by atoms with Crippen LogP contribution in [0.5, 0.6) is 5.75 Å². The van der Waals surface area contributed by atoms with Crippen LogP contribution in [0.3, 0.4) is 0 Å². The van der Waals surface area contributed by atoms with Gasteiger partial charge in [-0.05, 0) is 23.6 Å². The average Bonchev–Trinajstić information content (AvgIpc) is 2.52. The fourth-order valence-electron chi connectivity index (χ4n) is 2.26. The van der Waals surface area contributed by atoms with Crippen LogP contribution in [0, 0.1) is 5.92 Å². The van der Waals surface area contributed by atoms with Gasteiger partial charge in [-0.1, -0.05) is 26.0 Å². The third-order valence-corrected chi connectivity index (χ3v) is 4.53. The zero-order valence-corrected chi connectivity index (χ0v) is 14.2. The predicted octanol–water partition coefficient (Wildman–Crippen LogP) is 2.43. The smallest absolute Gasteiger partial charge is 0.221 e. The summed E-state index contributed by atoms with van der Waals surface area (Å²) in [6.07, 6.45) is 0.552. The van der Waals surface area contributed by atoms with E-state index < -0.39 is 0 Å². The maximum Gasteiger partial charge on any atom is 0.221 e. The molecule has 1 saturated heterocycles. The minimum atomic E-state index is 0.105. The lowest BCUT2D eigenvalue weighted by Gasteiger charge is -2.22. The van der Waals surface area contributed by atoms with Gasteiger partial charge in [-0.2, -0.15) is 11.8 Å². The predicted molar refractivity (Wildman–Crippen MR) is 92.4 cm³/mol. The number of nitrogens with one attached hydrogen (secondary N) is 2. The van der Waals surface area contributed by atoms with Crippen molar-refractivity contribution in [1.29, 1.82) is 0 Å². The molecule has 1 amide bonds. The van der Waals surface area contributed by atoms with E-state index in [1.165, 1.54) is 0 Å². The van der Waals surface area contributed by atoms with Crippen molar-refractivity contribution in [2.24, 2.45) is 5.92 Å². The van der Waals surface area contributed by atoms with E-state index in [-0.39, 0.29) is 5.91 Å². The largest absolute Gasteiger partial charge is 0.493 e. The molecule has 4 nitrogen and oxygen atoms in total. The highest BCUT2D eigenvalue weighted by Crippen LogP contribution is 2.14. The molecular formula is C17H26N2O2S. The van der Waals surface area contributed by atoms with Crippen LogP contribution in [-0.2, 0) is 11.3 Å². The van der Waals surface area contributed by atoms with E-state index in [0.29, 0.717) is 31.5 Å². The Morgan fingerprint density at radius 2 is 2.36 bits per heavy atom. The minimum absolute atomic E-state index is 0.105. The zero-order chi connectivity index (χ0) is 15.8. The Balaban J connectivity index is 1.75. The van der Waals surface area contributed by atoms with Gasteiger partial charge in [0.2, 0.25) is 5.91 Å². The van der Waals surface area contributed by atoms with Crippen molar-refractivity contribution in [3.05, 3.63) is 29.8 Å². The van der Waals surface area contributed by atoms with Gasteiger partial charge in [0, 0.05) is 37.1 Å². The third-order valence-electron chi connectivity index (χ3n) is 3.40. The van der Waals surface area contributed by atoms with Crippen molar-refractivity contribution >= 4 is 17.7 Å². The number of ether oxygens (including phenoxy) is 1. The molecule has 1 aliphatic rings. The van der Waals surface area contributed by atoms with E-state index in [1.54, 1.807) is 0 Å². The number of carbonyl (C=O) groups excluding carboxylic acids is 1. The summed E-state index contributed by atoms with van der Waals surface area (Å²) in [7, 11) is 0. The average molecular weight is 322 g/mol. The number of thioether (sulfide) groups is 1. The second-order valence-corrected chi connectivity index (χ2v) is 7.21. The number of benzene rings is 1. The molecule has 0 saturated carbocycles. The Hall–Kier alpha value is -1.20. The Kier molecular flexibility index (Phi) is 7.06. The molecule has 1 unspecified atom stereocenters. The Labute approximate surface area is 137 Å². The monoisotopic (exact) mass is 322 g/mol. The fraction of sp³-hybridized carbons (Fsp3) is 0.588. The molecule has 22 heavy (non-hydrogen) atoms. The first-order valence-electron chi connectivity index (χ1n) is 7.93. The summed E-state index contributed by atoms with van der Waals surface area (Å²) in [5, 5.41) is 6.38. The normalized spacial score (nSPS) is 18.2. The van der Waals surface area contributed by atoms with Gasteiger partial charge in [-0.3, -0.25) is 4.79 Å². The quantitative estimate of drug-likeness (QED) is 0.809. The second kappa shape index (κ2) is 9.06. The van der Waals surface area contributed by atoms with Gasteiger partial charge < -0.3 is 15.4 Å². The maximum absolute atomic E-state index is 12.0. The van der Waals surface area contributed by atoms with Crippen molar-refractivity contribution in [3.63, 3.8) is 0 Å². The van der Waals surface area contributed by atoms with E-state index in [0.717, 1.165) is 29.4 Å². The lowest BCUT2D eigenvalue weighted by molar-refractivity contribution is -0.121. The molecule has 1 aliphatic heterocycles. The van der Waals surface area contributed by atoms with Crippen molar-refractivity contribution < 1.29 is 9.53 Å². The van der Waals surface area contributed by atoms with E-state index in [4.69, 9.17) is 4.74 Å². The molecule has 0 spiro atoms. The maximum atomic E-state index is 12.0. The van der Waals surface area contributed by atoms with Gasteiger partial charge in [0.15, 0.2) is 0 Å². The van der Waals surface area contributed by atoms with Crippen LogP contribution >= 0.6 is 11.8 Å². The van der Waals surface area contributed by atoms with Gasteiger partial charge in [-0.25, -0.2) is 0 Å². The molecule has 1 aromatic carbocycles. The van der Waals surface area contributed by atoms with E-state index in [2.05, 4.69) is 24.5 Å². The molecule has 122 valence electrons. The molecular weight excluding hydrogens is 296 g/mol. The topological polar surface area (TPSA) is 50.4 Å². The summed E-state index contributed by atoms with van der Waals surface area (Å²) in [5.41, 5.74) is 1.07. The highest BCUT2D eigenvalue weighted by atomic mass is 32.2. The van der Waals surface area contributed by atoms with E-state index >= 15 is 0 Å². The number of carbonyl (C=O) groups is 1. The van der Waals surface area contributed by atoms with Gasteiger partial charge in [0.25, 0.3) is 0 Å². The van der Waals surface area contributed by atoms with Crippen molar-refractivity contribution in [1.82, 2.24) is 10.6 Å². The summed E-state index contributed by atoms with van der Waals surface area (Å²) in [4.78, 5) is 12.0. The van der Waals surface area contributed by atoms with E-state index in [1.807, 2.05) is 36.0 Å². The summed E-state index contributed by atoms with van der Waals surface area (Å²) >= 11 is 1.91. The molecule has 1 fully saturated rings. The number of rotatable bonds is 7.